The largest absolute Gasteiger partial charge is 0.334 e. The number of nitrogens with one attached hydrogen (secondary N) is 2. The lowest BCUT2D eigenvalue weighted by atomic mass is 10.2. The van der Waals surface area contributed by atoms with Crippen LogP contribution in [0.25, 0.3) is 0 Å². The topological polar surface area (TPSA) is 71.8 Å². The third-order valence-corrected chi connectivity index (χ3v) is 3.99. The molecule has 0 unspecified atom stereocenters. The second-order valence-corrected chi connectivity index (χ2v) is 5.84. The van der Waals surface area contributed by atoms with E-state index in [4.69, 9.17) is 11.6 Å². The van der Waals surface area contributed by atoms with Gasteiger partial charge in [0.1, 0.15) is 5.82 Å². The maximum absolute atomic E-state index is 12.0. The summed E-state index contributed by atoms with van der Waals surface area (Å²) in [5.41, 5.74) is 0.996. The smallest absolute Gasteiger partial charge is 0.315 e. The molecule has 0 aliphatic carbocycles. The fraction of sp³-hybridized carbons (Fsp3) is 0.400. The van der Waals surface area contributed by atoms with Crippen LogP contribution < -0.4 is 10.6 Å². The maximum Gasteiger partial charge on any atom is 0.315 e. The summed E-state index contributed by atoms with van der Waals surface area (Å²) in [5, 5.41) is 14.7. The first-order chi connectivity index (χ1) is 10.6. The van der Waals surface area contributed by atoms with E-state index in [2.05, 4.69) is 25.4 Å². The van der Waals surface area contributed by atoms with Crippen LogP contribution in [0.5, 0.6) is 0 Å². The molecule has 1 aliphatic heterocycles. The van der Waals surface area contributed by atoms with Gasteiger partial charge in [0.25, 0.3) is 0 Å². The van der Waals surface area contributed by atoms with Crippen molar-refractivity contribution in [2.24, 2.45) is 0 Å². The minimum atomic E-state index is -0.224. The number of carbonyl (C=O) groups excluding carboxylic acids is 1. The molecule has 1 atom stereocenters. The number of amides is 2. The first kappa shape index (κ1) is 14.8. The first-order valence-corrected chi connectivity index (χ1v) is 7.72. The van der Waals surface area contributed by atoms with Crippen LogP contribution >= 0.6 is 11.6 Å². The number of halogens is 1. The number of hydrogen-bond donors (Lipinski definition) is 2. The molecule has 3 rings (SSSR count). The Morgan fingerprint density at radius 3 is 2.91 bits per heavy atom. The summed E-state index contributed by atoms with van der Waals surface area (Å²) in [7, 11) is 0. The van der Waals surface area contributed by atoms with Gasteiger partial charge in [-0.25, -0.2) is 4.79 Å². The lowest BCUT2D eigenvalue weighted by molar-refractivity contribution is 0.237. The van der Waals surface area contributed by atoms with E-state index in [1.54, 1.807) is 12.1 Å². The van der Waals surface area contributed by atoms with Gasteiger partial charge in [-0.2, -0.15) is 0 Å². The van der Waals surface area contributed by atoms with Crippen molar-refractivity contribution in [2.75, 3.05) is 0 Å². The number of aromatic nitrogens is 3. The van der Waals surface area contributed by atoms with Gasteiger partial charge in [-0.15, -0.1) is 10.2 Å². The van der Waals surface area contributed by atoms with Crippen LogP contribution in [0.4, 0.5) is 4.79 Å². The van der Waals surface area contributed by atoms with E-state index in [1.165, 1.54) is 0 Å². The van der Waals surface area contributed by atoms with Gasteiger partial charge < -0.3 is 15.2 Å². The van der Waals surface area contributed by atoms with Crippen molar-refractivity contribution in [3.05, 3.63) is 46.5 Å². The van der Waals surface area contributed by atoms with Crippen LogP contribution in [-0.4, -0.2) is 20.8 Å². The van der Waals surface area contributed by atoms with E-state index in [1.807, 2.05) is 19.1 Å². The van der Waals surface area contributed by atoms with E-state index in [0.717, 1.165) is 36.6 Å². The number of nitrogens with zero attached hydrogens (tertiary/aromatic N) is 3. The van der Waals surface area contributed by atoms with Crippen molar-refractivity contribution in [1.29, 1.82) is 0 Å². The molecule has 2 aromatic rings. The molecule has 6 nitrogen and oxygen atoms in total. The van der Waals surface area contributed by atoms with E-state index >= 15 is 0 Å². The molecule has 2 heterocycles. The fourth-order valence-corrected chi connectivity index (χ4v) is 2.72. The van der Waals surface area contributed by atoms with Gasteiger partial charge >= 0.3 is 6.03 Å². The van der Waals surface area contributed by atoms with Crippen molar-refractivity contribution in [2.45, 2.75) is 38.9 Å². The molecular weight excluding hydrogens is 302 g/mol. The Bertz CT molecular complexity index is 667. The van der Waals surface area contributed by atoms with Crippen molar-refractivity contribution in [3.63, 3.8) is 0 Å². The number of hydrogen-bond acceptors (Lipinski definition) is 3. The molecule has 116 valence electrons. The van der Waals surface area contributed by atoms with Gasteiger partial charge in [-0.1, -0.05) is 23.7 Å². The Balaban J connectivity index is 1.54. The van der Waals surface area contributed by atoms with Crippen LogP contribution in [0.1, 0.15) is 36.6 Å². The average Bonchev–Trinajstić information content (AvgIpc) is 3.09. The monoisotopic (exact) mass is 319 g/mol. The van der Waals surface area contributed by atoms with Crippen LogP contribution in [-0.2, 0) is 19.5 Å². The highest BCUT2D eigenvalue weighted by atomic mass is 35.5. The van der Waals surface area contributed by atoms with Gasteiger partial charge in [-0.05, 0) is 31.0 Å². The number of benzene rings is 1. The molecule has 0 radical (unpaired) electrons. The van der Waals surface area contributed by atoms with Gasteiger partial charge in [-0.3, -0.25) is 0 Å². The fourth-order valence-electron chi connectivity index (χ4n) is 2.59. The SMILES string of the molecule is C[C@@H](NC(=O)NCc1ccc(Cl)cc1)c1nnc2n1CCC2. The lowest BCUT2D eigenvalue weighted by Gasteiger charge is -2.14. The molecule has 1 aliphatic rings. The number of urea groups is 1. The molecule has 22 heavy (non-hydrogen) atoms. The summed E-state index contributed by atoms with van der Waals surface area (Å²) in [6, 6.07) is 6.98. The molecule has 0 spiro atoms. The van der Waals surface area contributed by atoms with E-state index in [-0.39, 0.29) is 12.1 Å². The summed E-state index contributed by atoms with van der Waals surface area (Å²) >= 11 is 5.83. The summed E-state index contributed by atoms with van der Waals surface area (Å²) in [6.45, 7) is 3.29. The third-order valence-electron chi connectivity index (χ3n) is 3.74. The van der Waals surface area contributed by atoms with E-state index < -0.39 is 0 Å². The number of fused-ring (bicyclic) bond motifs is 1. The van der Waals surface area contributed by atoms with Gasteiger partial charge in [0.05, 0.1) is 6.04 Å². The van der Waals surface area contributed by atoms with Crippen molar-refractivity contribution in [1.82, 2.24) is 25.4 Å². The summed E-state index contributed by atoms with van der Waals surface area (Å²) in [5.74, 6) is 1.82. The normalized spacial score (nSPS) is 14.5. The maximum atomic E-state index is 12.0. The van der Waals surface area contributed by atoms with Crippen molar-refractivity contribution in [3.8, 4) is 0 Å². The molecule has 1 aromatic heterocycles. The van der Waals surface area contributed by atoms with Crippen LogP contribution in [0, 0.1) is 0 Å². The Morgan fingerprint density at radius 2 is 2.14 bits per heavy atom. The standard InChI is InChI=1S/C15H18ClN5O/c1-10(14-20-19-13-3-2-8-21(13)14)18-15(22)17-9-11-4-6-12(16)7-5-11/h4-7,10H,2-3,8-9H2,1H3,(H2,17,18,22)/t10-/m1/s1. The molecule has 1 aromatic carbocycles. The minimum Gasteiger partial charge on any atom is -0.334 e. The Morgan fingerprint density at radius 1 is 1.36 bits per heavy atom. The molecule has 0 saturated carbocycles. The average molecular weight is 320 g/mol. The highest BCUT2D eigenvalue weighted by Crippen LogP contribution is 2.18. The Hall–Kier alpha value is -2.08. The van der Waals surface area contributed by atoms with Crippen LogP contribution in [0.3, 0.4) is 0 Å². The summed E-state index contributed by atoms with van der Waals surface area (Å²) in [6.07, 6.45) is 2.05. The van der Waals surface area contributed by atoms with Crippen molar-refractivity contribution >= 4 is 17.6 Å². The Labute approximate surface area is 133 Å². The third kappa shape index (κ3) is 3.22. The molecule has 2 amide bonds. The lowest BCUT2D eigenvalue weighted by Crippen LogP contribution is -2.37. The molecule has 0 fully saturated rings. The van der Waals surface area contributed by atoms with Gasteiger partial charge in [0.2, 0.25) is 0 Å². The van der Waals surface area contributed by atoms with Crippen LogP contribution in [0.2, 0.25) is 5.02 Å². The predicted octanol–water partition coefficient (Wildman–Crippen LogP) is 2.44. The molecule has 2 N–H and O–H groups in total. The van der Waals surface area contributed by atoms with Crippen molar-refractivity contribution < 1.29 is 4.79 Å². The zero-order chi connectivity index (χ0) is 15.5. The quantitative estimate of drug-likeness (QED) is 0.909. The highest BCUT2D eigenvalue weighted by molar-refractivity contribution is 6.30. The Kier molecular flexibility index (Phi) is 4.29. The second-order valence-electron chi connectivity index (χ2n) is 5.40. The zero-order valence-corrected chi connectivity index (χ0v) is 13.1. The number of rotatable bonds is 4. The molecule has 0 bridgehead atoms. The highest BCUT2D eigenvalue weighted by Gasteiger charge is 2.22. The minimum absolute atomic E-state index is 0.176. The molecule has 0 saturated heterocycles. The van der Waals surface area contributed by atoms with Gasteiger partial charge in [0.15, 0.2) is 5.82 Å². The number of carbonyl (C=O) groups is 1. The van der Waals surface area contributed by atoms with E-state index in [0.29, 0.717) is 11.6 Å². The molecular formula is C15H18ClN5O. The van der Waals surface area contributed by atoms with E-state index in [9.17, 15) is 4.79 Å². The van der Waals surface area contributed by atoms with Crippen LogP contribution in [0.15, 0.2) is 24.3 Å². The first-order valence-electron chi connectivity index (χ1n) is 7.34. The number of aryl methyl sites for hydroxylation is 1. The summed E-state index contributed by atoms with van der Waals surface area (Å²) in [4.78, 5) is 12.0. The summed E-state index contributed by atoms with van der Waals surface area (Å²) < 4.78 is 2.09. The van der Waals surface area contributed by atoms with Gasteiger partial charge in [0, 0.05) is 24.5 Å². The second kappa shape index (κ2) is 6.36. The molecule has 7 heteroatoms. The predicted molar refractivity (Wildman–Crippen MR) is 83.6 cm³/mol. The zero-order valence-electron chi connectivity index (χ0n) is 12.3.